The van der Waals surface area contributed by atoms with Gasteiger partial charge in [-0.1, -0.05) is 6.92 Å². The van der Waals surface area contributed by atoms with E-state index < -0.39 is 6.09 Å². The molecule has 0 aromatic carbocycles. The summed E-state index contributed by atoms with van der Waals surface area (Å²) in [6.45, 7) is 1.87. The number of rotatable bonds is 3. The minimum absolute atomic E-state index is 0.0210. The van der Waals surface area contributed by atoms with Gasteiger partial charge in [0.1, 0.15) is 5.82 Å². The Balaban J connectivity index is 2.83. The van der Waals surface area contributed by atoms with Crippen LogP contribution < -0.4 is 5.32 Å². The third-order valence-corrected chi connectivity index (χ3v) is 1.86. The van der Waals surface area contributed by atoms with E-state index in [-0.39, 0.29) is 18.3 Å². The molecule has 0 bridgehead atoms. The van der Waals surface area contributed by atoms with E-state index >= 15 is 0 Å². The molecule has 1 atom stereocenters. The lowest BCUT2D eigenvalue weighted by Gasteiger charge is -2.08. The largest absolute Gasteiger partial charge is 0.465 e. The topological polar surface area (TPSA) is 82.5 Å². The zero-order chi connectivity index (χ0) is 10.6. The maximum atomic E-state index is 10.3. The Kier molecular flexibility index (Phi) is 3.41. The van der Waals surface area contributed by atoms with Crippen LogP contribution >= 0.6 is 0 Å². The lowest BCUT2D eigenvalue weighted by Crippen LogP contribution is -2.09. The Hall–Kier alpha value is -1.62. The van der Waals surface area contributed by atoms with Gasteiger partial charge in [0.05, 0.1) is 0 Å². The Bertz CT molecular complexity index is 328. The molecule has 0 fully saturated rings. The minimum atomic E-state index is -1.15. The highest BCUT2D eigenvalue weighted by Crippen LogP contribution is 2.16. The summed E-state index contributed by atoms with van der Waals surface area (Å²) in [7, 11) is 0. The fraction of sp³-hybridized carbons (Fsp3) is 0.333. The maximum Gasteiger partial charge on any atom is 0.410 e. The van der Waals surface area contributed by atoms with Crippen LogP contribution in [0.3, 0.4) is 0 Å². The van der Waals surface area contributed by atoms with Gasteiger partial charge in [0, 0.05) is 18.7 Å². The van der Waals surface area contributed by atoms with Crippen molar-refractivity contribution in [2.75, 3.05) is 11.9 Å². The third kappa shape index (κ3) is 2.70. The number of pyridine rings is 1. The van der Waals surface area contributed by atoms with Crippen LogP contribution in [-0.4, -0.2) is 27.9 Å². The van der Waals surface area contributed by atoms with Crippen molar-refractivity contribution in [3.63, 3.8) is 0 Å². The summed E-state index contributed by atoms with van der Waals surface area (Å²) in [5.74, 6) is 0.252. The van der Waals surface area contributed by atoms with Crippen molar-refractivity contribution in [1.29, 1.82) is 0 Å². The van der Waals surface area contributed by atoms with E-state index in [1.165, 1.54) is 6.20 Å². The number of anilines is 1. The van der Waals surface area contributed by atoms with Crippen molar-refractivity contribution in [2.24, 2.45) is 0 Å². The van der Waals surface area contributed by atoms with Crippen molar-refractivity contribution < 1.29 is 15.0 Å². The maximum absolute atomic E-state index is 10.3. The lowest BCUT2D eigenvalue weighted by molar-refractivity contribution is 0.209. The van der Waals surface area contributed by atoms with Gasteiger partial charge in [-0.15, -0.1) is 0 Å². The molecular weight excluding hydrogens is 184 g/mol. The molecule has 5 nitrogen and oxygen atoms in total. The van der Waals surface area contributed by atoms with Crippen LogP contribution in [-0.2, 0) is 0 Å². The highest BCUT2D eigenvalue weighted by atomic mass is 16.4. The van der Waals surface area contributed by atoms with Crippen LogP contribution in [0.5, 0.6) is 0 Å². The normalized spacial score (nSPS) is 12.1. The fourth-order valence-electron chi connectivity index (χ4n) is 1.04. The Morgan fingerprint density at radius 3 is 3.00 bits per heavy atom. The smallest absolute Gasteiger partial charge is 0.410 e. The van der Waals surface area contributed by atoms with E-state index in [4.69, 9.17) is 10.2 Å². The summed E-state index contributed by atoms with van der Waals surface area (Å²) in [4.78, 5) is 14.1. The van der Waals surface area contributed by atoms with Crippen LogP contribution in [0.1, 0.15) is 18.4 Å². The minimum Gasteiger partial charge on any atom is -0.465 e. The number of hydrogen-bond acceptors (Lipinski definition) is 3. The average molecular weight is 196 g/mol. The predicted octanol–water partition coefficient (Wildman–Crippen LogP) is 1.27. The fourth-order valence-corrected chi connectivity index (χ4v) is 1.04. The molecule has 1 amide bonds. The van der Waals surface area contributed by atoms with Gasteiger partial charge in [-0.05, 0) is 17.7 Å². The first kappa shape index (κ1) is 10.5. The zero-order valence-electron chi connectivity index (χ0n) is 7.77. The number of aliphatic hydroxyl groups is 1. The second-order valence-electron chi connectivity index (χ2n) is 2.99. The number of aromatic nitrogens is 1. The SMILES string of the molecule is CC(CO)c1ccnc(NC(=O)O)c1. The summed E-state index contributed by atoms with van der Waals surface area (Å²) >= 11 is 0. The Morgan fingerprint density at radius 1 is 1.71 bits per heavy atom. The summed E-state index contributed by atoms with van der Waals surface area (Å²) in [6, 6.07) is 3.35. The highest BCUT2D eigenvalue weighted by Gasteiger charge is 2.06. The van der Waals surface area contributed by atoms with Crippen molar-refractivity contribution in [3.05, 3.63) is 23.9 Å². The molecule has 3 N–H and O–H groups in total. The van der Waals surface area contributed by atoms with Gasteiger partial charge >= 0.3 is 6.09 Å². The van der Waals surface area contributed by atoms with Gasteiger partial charge in [-0.2, -0.15) is 0 Å². The van der Waals surface area contributed by atoms with Gasteiger partial charge in [0.2, 0.25) is 0 Å². The monoisotopic (exact) mass is 196 g/mol. The number of aliphatic hydroxyl groups excluding tert-OH is 1. The van der Waals surface area contributed by atoms with Gasteiger partial charge in [-0.3, -0.25) is 5.32 Å². The Labute approximate surface area is 81.4 Å². The molecule has 1 rings (SSSR count). The number of carboxylic acid groups (broad SMARTS) is 1. The van der Waals surface area contributed by atoms with Gasteiger partial charge in [0.15, 0.2) is 0 Å². The first-order chi connectivity index (χ1) is 6.63. The Morgan fingerprint density at radius 2 is 2.43 bits per heavy atom. The van der Waals surface area contributed by atoms with E-state index in [1.54, 1.807) is 12.1 Å². The van der Waals surface area contributed by atoms with E-state index in [9.17, 15) is 4.79 Å². The molecule has 76 valence electrons. The van der Waals surface area contributed by atoms with Crippen LogP contribution in [0.4, 0.5) is 10.6 Å². The standard InChI is InChI=1S/C9H12N2O3/c1-6(5-12)7-2-3-10-8(4-7)11-9(13)14/h2-4,6,12H,5H2,1H3,(H,10,11)(H,13,14). The molecule has 0 spiro atoms. The van der Waals surface area contributed by atoms with E-state index in [2.05, 4.69) is 10.3 Å². The van der Waals surface area contributed by atoms with Crippen LogP contribution in [0.15, 0.2) is 18.3 Å². The number of nitrogens with one attached hydrogen (secondary N) is 1. The first-order valence-corrected chi connectivity index (χ1v) is 4.20. The van der Waals surface area contributed by atoms with Crippen molar-refractivity contribution in [2.45, 2.75) is 12.8 Å². The summed E-state index contributed by atoms with van der Waals surface area (Å²) in [5.41, 5.74) is 0.853. The molecule has 0 aliphatic rings. The average Bonchev–Trinajstić information content (AvgIpc) is 2.16. The second-order valence-corrected chi connectivity index (χ2v) is 2.99. The molecule has 0 saturated heterocycles. The quantitative estimate of drug-likeness (QED) is 0.679. The van der Waals surface area contributed by atoms with E-state index in [0.29, 0.717) is 0 Å². The molecule has 1 unspecified atom stereocenters. The number of hydrogen-bond donors (Lipinski definition) is 3. The van der Waals surface area contributed by atoms with Crippen molar-refractivity contribution in [3.8, 4) is 0 Å². The molecule has 0 aliphatic carbocycles. The van der Waals surface area contributed by atoms with E-state index in [1.807, 2.05) is 6.92 Å². The molecule has 5 heteroatoms. The van der Waals surface area contributed by atoms with E-state index in [0.717, 1.165) is 5.56 Å². The van der Waals surface area contributed by atoms with Crippen LogP contribution in [0.2, 0.25) is 0 Å². The van der Waals surface area contributed by atoms with Gasteiger partial charge in [0.25, 0.3) is 0 Å². The summed E-state index contributed by atoms with van der Waals surface area (Å²) in [5, 5.41) is 19.5. The number of amides is 1. The second kappa shape index (κ2) is 4.57. The number of carbonyl (C=O) groups is 1. The third-order valence-electron chi connectivity index (χ3n) is 1.86. The predicted molar refractivity (Wildman–Crippen MR) is 51.4 cm³/mol. The number of nitrogens with zero attached hydrogens (tertiary/aromatic N) is 1. The van der Waals surface area contributed by atoms with Gasteiger partial charge in [-0.25, -0.2) is 9.78 Å². The highest BCUT2D eigenvalue weighted by molar-refractivity contribution is 5.81. The molecule has 1 heterocycles. The molecule has 1 aromatic rings. The summed E-state index contributed by atoms with van der Waals surface area (Å²) < 4.78 is 0. The van der Waals surface area contributed by atoms with Crippen molar-refractivity contribution in [1.82, 2.24) is 4.98 Å². The molecule has 0 aliphatic heterocycles. The van der Waals surface area contributed by atoms with Crippen LogP contribution in [0, 0.1) is 0 Å². The molecule has 0 radical (unpaired) electrons. The molecular formula is C9H12N2O3. The molecule has 0 saturated carbocycles. The van der Waals surface area contributed by atoms with Crippen molar-refractivity contribution >= 4 is 11.9 Å². The van der Waals surface area contributed by atoms with Crippen LogP contribution in [0.25, 0.3) is 0 Å². The molecule has 1 aromatic heterocycles. The summed E-state index contributed by atoms with van der Waals surface area (Å²) in [6.07, 6.45) is 0.360. The molecule has 14 heavy (non-hydrogen) atoms. The zero-order valence-corrected chi connectivity index (χ0v) is 7.77. The van der Waals surface area contributed by atoms with Gasteiger partial charge < -0.3 is 10.2 Å². The first-order valence-electron chi connectivity index (χ1n) is 4.20. The lowest BCUT2D eigenvalue weighted by atomic mass is 10.0.